The molecule has 0 aromatic heterocycles. The summed E-state index contributed by atoms with van der Waals surface area (Å²) in [6.45, 7) is 9.13. The first-order valence-corrected chi connectivity index (χ1v) is 10.4. The second kappa shape index (κ2) is 9.29. The fraction of sp³-hybridized carbons (Fsp3) is 0.409. The Labute approximate surface area is 183 Å². The minimum atomic E-state index is -0.383. The molecule has 0 atom stereocenters. The van der Waals surface area contributed by atoms with Crippen LogP contribution < -0.4 is 20.8 Å². The molecule has 1 saturated heterocycles. The second-order valence-electron chi connectivity index (χ2n) is 8.25. The van der Waals surface area contributed by atoms with Crippen molar-refractivity contribution in [2.24, 2.45) is 0 Å². The molecule has 0 unspecified atom stereocenters. The summed E-state index contributed by atoms with van der Waals surface area (Å²) in [6.07, 6.45) is 0.682. The lowest BCUT2D eigenvalue weighted by Gasteiger charge is -2.32. The maximum atomic E-state index is 11.9. The number of urea groups is 1. The standard InChI is InChI=1S/C22H28BClN2O4/c1-21(2)22(3,4)30-23(29-21)16-9-11-19(12-10-16)28-14-6-13-25-20(27)26-18-8-5-7-17(24)15-18/h5,7-12,15H,6,13-14H2,1-4H3,(H2,25,26,27). The number of carbonyl (C=O) groups is 1. The number of nitrogens with one attached hydrogen (secondary N) is 2. The van der Waals surface area contributed by atoms with E-state index >= 15 is 0 Å². The molecule has 0 saturated carbocycles. The van der Waals surface area contributed by atoms with Crippen LogP contribution in [-0.2, 0) is 9.31 Å². The molecule has 2 aromatic carbocycles. The van der Waals surface area contributed by atoms with E-state index in [0.717, 1.165) is 11.2 Å². The molecule has 2 aromatic rings. The molecule has 3 rings (SSSR count). The summed E-state index contributed by atoms with van der Waals surface area (Å²) in [5.74, 6) is 0.763. The highest BCUT2D eigenvalue weighted by molar-refractivity contribution is 6.62. The molecule has 0 bridgehead atoms. The highest BCUT2D eigenvalue weighted by Gasteiger charge is 2.51. The van der Waals surface area contributed by atoms with Gasteiger partial charge in [0.25, 0.3) is 0 Å². The van der Waals surface area contributed by atoms with Crippen LogP contribution in [0, 0.1) is 0 Å². The average molecular weight is 431 g/mol. The van der Waals surface area contributed by atoms with E-state index in [-0.39, 0.29) is 24.4 Å². The van der Waals surface area contributed by atoms with Crippen molar-refractivity contribution in [3.63, 3.8) is 0 Å². The van der Waals surface area contributed by atoms with Gasteiger partial charge >= 0.3 is 13.1 Å². The second-order valence-corrected chi connectivity index (χ2v) is 8.69. The van der Waals surface area contributed by atoms with Gasteiger partial charge in [-0.05, 0) is 69.9 Å². The van der Waals surface area contributed by atoms with Gasteiger partial charge in [0.15, 0.2) is 0 Å². The molecule has 1 aliphatic heterocycles. The van der Waals surface area contributed by atoms with Crippen molar-refractivity contribution in [2.75, 3.05) is 18.5 Å². The first-order valence-electron chi connectivity index (χ1n) is 10.1. The minimum Gasteiger partial charge on any atom is -0.494 e. The Kier molecular flexibility index (Phi) is 6.96. The number of amides is 2. The molecule has 30 heavy (non-hydrogen) atoms. The van der Waals surface area contributed by atoms with Crippen LogP contribution in [0.5, 0.6) is 5.75 Å². The number of hydrogen-bond acceptors (Lipinski definition) is 4. The van der Waals surface area contributed by atoms with Crippen LogP contribution in [0.25, 0.3) is 0 Å². The highest BCUT2D eigenvalue weighted by Crippen LogP contribution is 2.36. The number of benzene rings is 2. The van der Waals surface area contributed by atoms with Crippen molar-refractivity contribution in [3.8, 4) is 5.75 Å². The summed E-state index contributed by atoms with van der Waals surface area (Å²) < 4.78 is 17.9. The lowest BCUT2D eigenvalue weighted by Crippen LogP contribution is -2.41. The summed E-state index contributed by atoms with van der Waals surface area (Å²) in [7, 11) is -0.383. The third-order valence-corrected chi connectivity index (χ3v) is 5.60. The SMILES string of the molecule is CC1(C)OB(c2ccc(OCCCNC(=O)Nc3cccc(Cl)c3)cc2)OC1(C)C. The van der Waals surface area contributed by atoms with Crippen molar-refractivity contribution in [3.05, 3.63) is 53.6 Å². The number of hydrogen-bond donors (Lipinski definition) is 2. The van der Waals surface area contributed by atoms with E-state index in [0.29, 0.717) is 30.3 Å². The third kappa shape index (κ3) is 5.68. The largest absolute Gasteiger partial charge is 0.494 e. The summed E-state index contributed by atoms with van der Waals surface area (Å²) >= 11 is 5.90. The van der Waals surface area contributed by atoms with Gasteiger partial charge in [0, 0.05) is 17.3 Å². The molecule has 160 valence electrons. The number of carbonyl (C=O) groups excluding carboxylic acids is 1. The average Bonchev–Trinajstić information content (AvgIpc) is 2.89. The van der Waals surface area contributed by atoms with Crippen LogP contribution in [0.4, 0.5) is 10.5 Å². The van der Waals surface area contributed by atoms with Gasteiger partial charge in [0.05, 0.1) is 17.8 Å². The Balaban J connectivity index is 1.37. The fourth-order valence-electron chi connectivity index (χ4n) is 2.91. The topological polar surface area (TPSA) is 68.8 Å². The van der Waals surface area contributed by atoms with Gasteiger partial charge < -0.3 is 24.7 Å². The zero-order chi connectivity index (χ0) is 21.8. The molecular formula is C22H28BClN2O4. The maximum Gasteiger partial charge on any atom is 0.494 e. The van der Waals surface area contributed by atoms with Gasteiger partial charge in [0.1, 0.15) is 5.75 Å². The normalized spacial score (nSPS) is 16.9. The molecule has 1 heterocycles. The number of rotatable bonds is 7. The van der Waals surface area contributed by atoms with Gasteiger partial charge in [-0.25, -0.2) is 4.79 Å². The minimum absolute atomic E-state index is 0.274. The Morgan fingerprint density at radius 3 is 2.37 bits per heavy atom. The third-order valence-electron chi connectivity index (χ3n) is 5.36. The lowest BCUT2D eigenvalue weighted by atomic mass is 9.79. The van der Waals surface area contributed by atoms with Crippen molar-refractivity contribution >= 4 is 35.9 Å². The zero-order valence-corrected chi connectivity index (χ0v) is 18.6. The molecule has 2 amide bonds. The summed E-state index contributed by atoms with van der Waals surface area (Å²) in [5, 5.41) is 6.10. The van der Waals surface area contributed by atoms with Crippen LogP contribution in [0.3, 0.4) is 0 Å². The molecule has 2 N–H and O–H groups in total. The highest BCUT2D eigenvalue weighted by atomic mass is 35.5. The van der Waals surface area contributed by atoms with E-state index in [2.05, 4.69) is 10.6 Å². The maximum absolute atomic E-state index is 11.9. The smallest absolute Gasteiger partial charge is 0.494 e. The molecule has 1 fully saturated rings. The Morgan fingerprint density at radius 1 is 1.07 bits per heavy atom. The fourth-order valence-corrected chi connectivity index (χ4v) is 3.10. The van der Waals surface area contributed by atoms with E-state index < -0.39 is 0 Å². The van der Waals surface area contributed by atoms with Crippen LogP contribution in [0.2, 0.25) is 5.02 Å². The van der Waals surface area contributed by atoms with Gasteiger partial charge in [-0.15, -0.1) is 0 Å². The molecular weight excluding hydrogens is 403 g/mol. The van der Waals surface area contributed by atoms with E-state index in [1.54, 1.807) is 24.3 Å². The van der Waals surface area contributed by atoms with Gasteiger partial charge in [0.2, 0.25) is 0 Å². The van der Waals surface area contributed by atoms with E-state index in [1.165, 1.54) is 0 Å². The van der Waals surface area contributed by atoms with Crippen LogP contribution in [0.15, 0.2) is 48.5 Å². The number of anilines is 1. The predicted octanol–water partition coefficient (Wildman–Crippen LogP) is 4.23. The van der Waals surface area contributed by atoms with Gasteiger partial charge in [-0.1, -0.05) is 29.8 Å². The van der Waals surface area contributed by atoms with Crippen molar-refractivity contribution in [2.45, 2.75) is 45.3 Å². The van der Waals surface area contributed by atoms with Crippen molar-refractivity contribution in [1.29, 1.82) is 0 Å². The Bertz CT molecular complexity index is 858. The van der Waals surface area contributed by atoms with E-state index in [4.69, 9.17) is 25.6 Å². The Morgan fingerprint density at radius 2 is 1.73 bits per heavy atom. The molecule has 8 heteroatoms. The quantitative estimate of drug-likeness (QED) is 0.509. The van der Waals surface area contributed by atoms with E-state index in [1.807, 2.05) is 52.0 Å². The van der Waals surface area contributed by atoms with Gasteiger partial charge in [-0.3, -0.25) is 0 Å². The molecule has 0 radical (unpaired) electrons. The first kappa shape index (κ1) is 22.5. The van der Waals surface area contributed by atoms with Crippen LogP contribution in [-0.4, -0.2) is 37.5 Å². The first-order chi connectivity index (χ1) is 14.2. The number of ether oxygens (including phenoxy) is 1. The number of halogens is 1. The Hall–Kier alpha value is -2.22. The molecule has 1 aliphatic rings. The van der Waals surface area contributed by atoms with Gasteiger partial charge in [-0.2, -0.15) is 0 Å². The summed E-state index contributed by atoms with van der Waals surface area (Å²) in [4.78, 5) is 11.9. The van der Waals surface area contributed by atoms with E-state index in [9.17, 15) is 4.79 Å². The van der Waals surface area contributed by atoms with Crippen molar-refractivity contribution in [1.82, 2.24) is 5.32 Å². The molecule has 0 aliphatic carbocycles. The van der Waals surface area contributed by atoms with Crippen LogP contribution >= 0.6 is 11.6 Å². The summed E-state index contributed by atoms with van der Waals surface area (Å²) in [6, 6.07) is 14.4. The lowest BCUT2D eigenvalue weighted by molar-refractivity contribution is 0.00578. The molecule has 6 nitrogen and oxygen atoms in total. The zero-order valence-electron chi connectivity index (χ0n) is 17.8. The van der Waals surface area contributed by atoms with Crippen molar-refractivity contribution < 1.29 is 18.8 Å². The molecule has 0 spiro atoms. The summed E-state index contributed by atoms with van der Waals surface area (Å²) in [5.41, 5.74) is 0.885. The monoisotopic (exact) mass is 430 g/mol. The predicted molar refractivity (Wildman–Crippen MR) is 121 cm³/mol. The van der Waals surface area contributed by atoms with Crippen LogP contribution in [0.1, 0.15) is 34.1 Å².